The van der Waals surface area contributed by atoms with E-state index in [4.69, 9.17) is 48.1 Å². The van der Waals surface area contributed by atoms with Gasteiger partial charge in [-0.05, 0) is 55.4 Å². The van der Waals surface area contributed by atoms with Crippen molar-refractivity contribution in [3.05, 3.63) is 24.5 Å². The molecule has 0 saturated carbocycles. The standard InChI is InChI=1S/C32H50N4O13S.C4H4O4/c1-10-43-19(2)20(3)46-30(40)22(5)48-31(41)23(6)47-29(39)21(4)45-25(37)11-12-26(38)49-24(17-33-32(7,8)9)18-44-28-27(34-50-35-28)36-13-15-42-16-14-36;5-3(6)1-2-4(7)8/h20-24,33H,2,10-18H2,1,3-9H3;1-2H,(H,5,6)(H,7,8)/b;2-1-/t20?,21?,22?,23?,24-;/m0./s1. The van der Waals surface area contributed by atoms with Crippen molar-refractivity contribution in [3.63, 3.8) is 0 Å². The Labute approximate surface area is 340 Å². The first kappa shape index (κ1) is 50.7. The van der Waals surface area contributed by atoms with Crippen LogP contribution in [-0.2, 0) is 66.7 Å². The molecular weight excluding hydrogens is 792 g/mol. The number of esters is 5. The second kappa shape index (κ2) is 25.8. The molecule has 0 spiro atoms. The normalized spacial score (nSPS) is 15.2. The Kier molecular flexibility index (Phi) is 22.5. The van der Waals surface area contributed by atoms with Crippen molar-refractivity contribution in [1.82, 2.24) is 14.1 Å². The van der Waals surface area contributed by atoms with Crippen LogP contribution < -0.4 is 15.0 Å². The van der Waals surface area contributed by atoms with E-state index in [1.165, 1.54) is 20.8 Å². The quantitative estimate of drug-likeness (QED) is 0.0650. The molecule has 1 fully saturated rings. The SMILES string of the molecule is C=C(OCC)C(C)OC(=O)C(C)OC(=O)C(C)OC(=O)C(C)OC(=O)CCC(=O)O[C@@H](CNC(C)(C)C)COc1nsnc1N1CCOCC1.O=C(O)/C=C\C(=O)O. The van der Waals surface area contributed by atoms with Crippen molar-refractivity contribution in [2.45, 2.75) is 104 Å². The summed E-state index contributed by atoms with van der Waals surface area (Å²) in [4.78, 5) is 83.4. The van der Waals surface area contributed by atoms with Crippen LogP contribution in [0.5, 0.6) is 5.88 Å². The minimum absolute atomic E-state index is 0.0196. The lowest BCUT2D eigenvalue weighted by molar-refractivity contribution is -0.183. The van der Waals surface area contributed by atoms with Gasteiger partial charge >= 0.3 is 41.8 Å². The first-order valence-electron chi connectivity index (χ1n) is 18.1. The van der Waals surface area contributed by atoms with Crippen molar-refractivity contribution in [3.8, 4) is 5.88 Å². The maximum atomic E-state index is 12.7. The maximum absolute atomic E-state index is 12.7. The number of rotatable bonds is 22. The van der Waals surface area contributed by atoms with Gasteiger partial charge < -0.3 is 58.3 Å². The number of morpholine rings is 1. The van der Waals surface area contributed by atoms with Crippen LogP contribution in [0.25, 0.3) is 0 Å². The Balaban J connectivity index is 0.00000189. The van der Waals surface area contributed by atoms with Gasteiger partial charge in [-0.1, -0.05) is 6.58 Å². The van der Waals surface area contributed by atoms with Crippen molar-refractivity contribution in [2.75, 3.05) is 51.0 Å². The van der Waals surface area contributed by atoms with Gasteiger partial charge in [-0.2, -0.15) is 4.37 Å². The Hall–Kier alpha value is -5.35. The number of carbonyl (C=O) groups is 7. The fourth-order valence-electron chi connectivity index (χ4n) is 4.13. The molecule has 1 aromatic heterocycles. The van der Waals surface area contributed by atoms with Gasteiger partial charge in [0, 0.05) is 37.3 Å². The molecule has 1 aliphatic rings. The highest BCUT2D eigenvalue weighted by molar-refractivity contribution is 6.99. The van der Waals surface area contributed by atoms with E-state index in [1.54, 1.807) is 13.8 Å². The Morgan fingerprint density at radius 1 is 0.810 bits per heavy atom. The molecule has 58 heavy (non-hydrogen) atoms. The number of aromatic nitrogens is 2. The number of hydrogen-bond donors (Lipinski definition) is 3. The van der Waals surface area contributed by atoms with Gasteiger partial charge in [-0.15, -0.1) is 4.37 Å². The Morgan fingerprint density at radius 3 is 1.78 bits per heavy atom. The van der Waals surface area contributed by atoms with E-state index < -0.39 is 72.3 Å². The zero-order chi connectivity index (χ0) is 44.0. The van der Waals surface area contributed by atoms with E-state index in [9.17, 15) is 33.6 Å². The zero-order valence-corrected chi connectivity index (χ0v) is 34.7. The third-order valence-corrected chi connectivity index (χ3v) is 7.69. The molecular formula is C36H54N4O17S. The number of carboxylic acids is 2. The molecule has 1 aliphatic heterocycles. The summed E-state index contributed by atoms with van der Waals surface area (Å²) in [5.74, 6) is -5.84. The first-order chi connectivity index (χ1) is 27.1. The highest BCUT2D eigenvalue weighted by Gasteiger charge is 2.30. The van der Waals surface area contributed by atoms with Crippen LogP contribution in [0, 0.1) is 0 Å². The average molecular weight is 847 g/mol. The van der Waals surface area contributed by atoms with Gasteiger partial charge in [0.25, 0.3) is 5.88 Å². The predicted octanol–water partition coefficient (Wildman–Crippen LogP) is 1.82. The van der Waals surface area contributed by atoms with E-state index in [1.807, 2.05) is 25.7 Å². The highest BCUT2D eigenvalue weighted by Crippen LogP contribution is 2.26. The third-order valence-electron chi connectivity index (χ3n) is 7.18. The van der Waals surface area contributed by atoms with Crippen molar-refractivity contribution in [2.24, 2.45) is 0 Å². The van der Waals surface area contributed by atoms with E-state index in [2.05, 4.69) is 20.6 Å². The molecule has 0 aromatic carbocycles. The monoisotopic (exact) mass is 846 g/mol. The lowest BCUT2D eigenvalue weighted by Crippen LogP contribution is -2.44. The van der Waals surface area contributed by atoms with E-state index in [-0.39, 0.29) is 37.3 Å². The minimum atomic E-state index is -1.43. The summed E-state index contributed by atoms with van der Waals surface area (Å²) in [6.07, 6.45) is -5.28. The van der Waals surface area contributed by atoms with Crippen LogP contribution in [0.3, 0.4) is 0 Å². The molecule has 0 bridgehead atoms. The van der Waals surface area contributed by atoms with Gasteiger partial charge in [0.2, 0.25) is 5.82 Å². The van der Waals surface area contributed by atoms with Crippen LogP contribution in [0.1, 0.15) is 68.2 Å². The molecule has 21 nitrogen and oxygen atoms in total. The molecule has 0 aliphatic carbocycles. The smallest absolute Gasteiger partial charge is 0.347 e. The number of anilines is 1. The lowest BCUT2D eigenvalue weighted by Gasteiger charge is -2.27. The summed E-state index contributed by atoms with van der Waals surface area (Å²) in [7, 11) is 0. The fraction of sp³-hybridized carbons (Fsp3) is 0.639. The lowest BCUT2D eigenvalue weighted by atomic mass is 10.1. The summed E-state index contributed by atoms with van der Waals surface area (Å²) >= 11 is 1.01. The van der Waals surface area contributed by atoms with E-state index >= 15 is 0 Å². The van der Waals surface area contributed by atoms with Crippen LogP contribution in [0.2, 0.25) is 0 Å². The number of ether oxygens (including phenoxy) is 8. The topological polar surface area (TPSA) is 275 Å². The highest BCUT2D eigenvalue weighted by atomic mass is 32.1. The molecule has 326 valence electrons. The maximum Gasteiger partial charge on any atom is 0.347 e. The third kappa shape index (κ3) is 21.3. The second-order valence-electron chi connectivity index (χ2n) is 13.3. The van der Waals surface area contributed by atoms with Gasteiger partial charge in [-0.3, -0.25) is 9.59 Å². The number of hydrogen-bond acceptors (Lipinski definition) is 20. The second-order valence-corrected chi connectivity index (χ2v) is 13.9. The summed E-state index contributed by atoms with van der Waals surface area (Å²) in [6, 6.07) is 0. The van der Waals surface area contributed by atoms with Gasteiger partial charge in [0.1, 0.15) is 18.5 Å². The summed E-state index contributed by atoms with van der Waals surface area (Å²) in [6.45, 7) is 19.6. The zero-order valence-electron chi connectivity index (χ0n) is 33.9. The first-order valence-corrected chi connectivity index (χ1v) is 18.8. The van der Waals surface area contributed by atoms with E-state index in [0.717, 1.165) is 11.7 Å². The largest absolute Gasteiger partial charge is 0.495 e. The number of carboxylic acid groups (broad SMARTS) is 2. The van der Waals surface area contributed by atoms with Crippen molar-refractivity contribution < 1.29 is 81.7 Å². The van der Waals surface area contributed by atoms with Crippen LogP contribution in [0.4, 0.5) is 5.82 Å². The molecule has 1 aromatic rings. The fourth-order valence-corrected chi connectivity index (χ4v) is 4.65. The molecule has 0 amide bonds. The van der Waals surface area contributed by atoms with Crippen LogP contribution in [-0.4, -0.2) is 143 Å². The number of nitrogens with zero attached hydrogens (tertiary/aromatic N) is 3. The Bertz CT molecular complexity index is 1550. The van der Waals surface area contributed by atoms with Crippen molar-refractivity contribution >= 4 is 59.3 Å². The number of nitrogens with one attached hydrogen (secondary N) is 1. The number of aliphatic carboxylic acids is 2. The molecule has 3 N–H and O–H groups in total. The van der Waals surface area contributed by atoms with Crippen LogP contribution >= 0.6 is 11.7 Å². The molecule has 4 unspecified atom stereocenters. The molecule has 2 rings (SSSR count). The van der Waals surface area contributed by atoms with Gasteiger partial charge in [0.05, 0.1) is 44.4 Å². The number of carbonyl (C=O) groups excluding carboxylic acids is 5. The summed E-state index contributed by atoms with van der Waals surface area (Å²) in [5.41, 5.74) is -0.281. The summed E-state index contributed by atoms with van der Waals surface area (Å²) in [5, 5.41) is 18.9. The van der Waals surface area contributed by atoms with Crippen LogP contribution in [0.15, 0.2) is 24.5 Å². The van der Waals surface area contributed by atoms with Gasteiger partial charge in [0.15, 0.2) is 24.4 Å². The Morgan fingerprint density at radius 2 is 1.29 bits per heavy atom. The molecule has 5 atom stereocenters. The average Bonchev–Trinajstić information content (AvgIpc) is 3.63. The predicted molar refractivity (Wildman–Crippen MR) is 203 cm³/mol. The molecule has 0 radical (unpaired) electrons. The molecule has 1 saturated heterocycles. The summed E-state index contributed by atoms with van der Waals surface area (Å²) < 4.78 is 51.0. The molecule has 22 heteroatoms. The van der Waals surface area contributed by atoms with Crippen molar-refractivity contribution in [1.29, 1.82) is 0 Å². The minimum Gasteiger partial charge on any atom is -0.495 e. The molecule has 2 heterocycles. The van der Waals surface area contributed by atoms with E-state index in [0.29, 0.717) is 56.8 Å². The van der Waals surface area contributed by atoms with Gasteiger partial charge in [-0.25, -0.2) is 24.0 Å².